The summed E-state index contributed by atoms with van der Waals surface area (Å²) in [4.78, 5) is 27.7. The van der Waals surface area contributed by atoms with Crippen molar-refractivity contribution in [1.29, 1.82) is 0 Å². The van der Waals surface area contributed by atoms with Crippen LogP contribution in [-0.2, 0) is 19.8 Å². The monoisotopic (exact) mass is 421 g/mol. The second-order valence-corrected chi connectivity index (χ2v) is 9.21. The zero-order valence-corrected chi connectivity index (χ0v) is 17.0. The van der Waals surface area contributed by atoms with Gasteiger partial charge in [0.25, 0.3) is 0 Å². The molecule has 10 nitrogen and oxygen atoms in total. The molecule has 2 unspecified atom stereocenters. The van der Waals surface area contributed by atoms with E-state index >= 15 is 0 Å². The normalized spacial score (nSPS) is 26.7. The number of nitrogens with one attached hydrogen (secondary N) is 2. The predicted octanol–water partition coefficient (Wildman–Crippen LogP) is -0.0434. The molecular weight excluding hydrogens is 398 g/mol. The van der Waals surface area contributed by atoms with Crippen molar-refractivity contribution in [2.45, 2.75) is 38.8 Å². The van der Waals surface area contributed by atoms with Crippen LogP contribution in [0.2, 0.25) is 0 Å². The number of ether oxygens (including phenoxy) is 1. The first-order valence-corrected chi connectivity index (χ1v) is 10.8. The Balaban J connectivity index is 1.65. The van der Waals surface area contributed by atoms with Crippen molar-refractivity contribution in [3.63, 3.8) is 0 Å². The van der Waals surface area contributed by atoms with Gasteiger partial charge in [-0.2, -0.15) is 8.42 Å². The molecule has 0 spiro atoms. The maximum Gasteiger partial charge on any atom is 0.344 e. The first-order chi connectivity index (χ1) is 13.6. The Hall–Kier alpha value is -2.82. The number of hydrogen-bond donors (Lipinski definition) is 3. The zero-order valence-electron chi connectivity index (χ0n) is 16.1. The summed E-state index contributed by atoms with van der Waals surface area (Å²) in [5, 5.41) is 2.84. The number of rotatable bonds is 5. The molecule has 4 rings (SSSR count). The number of nitrogens with two attached hydrogens (primary N) is 1. The Bertz CT molecular complexity index is 1020. The van der Waals surface area contributed by atoms with Gasteiger partial charge in [0.2, 0.25) is 11.8 Å². The molecule has 3 aliphatic rings. The van der Waals surface area contributed by atoms with E-state index in [1.165, 1.54) is 6.07 Å². The molecule has 2 amide bonds. The molecule has 0 bridgehead atoms. The number of amides is 2. The van der Waals surface area contributed by atoms with E-state index in [1.54, 1.807) is 17.0 Å². The topological polar surface area (TPSA) is 143 Å². The summed E-state index contributed by atoms with van der Waals surface area (Å²) < 4.78 is 35.2. The van der Waals surface area contributed by atoms with Crippen LogP contribution in [0.4, 0.5) is 5.69 Å². The molecule has 29 heavy (non-hydrogen) atoms. The van der Waals surface area contributed by atoms with Crippen LogP contribution >= 0.6 is 0 Å². The standard InChI is InChI=1S/C18H23N5O5S/c1-10(2)20-16(24)18(8-11-6-7-23(11)17(18)25)9-28-13-5-3-4-12-14(13)15(19)22-29(26,27)21-12/h3-5,10-11,21H,6-9H2,1-2H3,(H2,19,22)(H,20,24). The maximum atomic E-state index is 13.0. The number of carbonyl (C=O) groups is 2. The van der Waals surface area contributed by atoms with Crippen molar-refractivity contribution >= 4 is 33.5 Å². The molecule has 2 fully saturated rings. The second kappa shape index (κ2) is 6.61. The lowest BCUT2D eigenvalue weighted by atomic mass is 9.83. The summed E-state index contributed by atoms with van der Waals surface area (Å²) in [6.07, 6.45) is 1.25. The highest BCUT2D eigenvalue weighted by Gasteiger charge is 2.60. The van der Waals surface area contributed by atoms with Crippen LogP contribution in [-0.4, -0.2) is 56.2 Å². The van der Waals surface area contributed by atoms with E-state index in [0.29, 0.717) is 13.0 Å². The molecule has 0 aliphatic carbocycles. The van der Waals surface area contributed by atoms with Crippen molar-refractivity contribution in [1.82, 2.24) is 10.2 Å². The minimum Gasteiger partial charge on any atom is -0.491 e. The predicted molar refractivity (Wildman–Crippen MR) is 106 cm³/mol. The zero-order chi connectivity index (χ0) is 21.0. The van der Waals surface area contributed by atoms with Crippen LogP contribution in [0.1, 0.15) is 32.3 Å². The first-order valence-electron chi connectivity index (χ1n) is 9.39. The van der Waals surface area contributed by atoms with Crippen molar-refractivity contribution < 1.29 is 22.7 Å². The molecule has 2 saturated heterocycles. The minimum absolute atomic E-state index is 0.0483. The molecule has 0 saturated carbocycles. The fraction of sp³-hybridized carbons (Fsp3) is 0.500. The van der Waals surface area contributed by atoms with Crippen LogP contribution in [0.15, 0.2) is 22.6 Å². The van der Waals surface area contributed by atoms with Crippen molar-refractivity contribution in [3.8, 4) is 5.75 Å². The number of fused-ring (bicyclic) bond motifs is 2. The Kier molecular flexibility index (Phi) is 4.45. The molecule has 3 heterocycles. The van der Waals surface area contributed by atoms with Gasteiger partial charge in [0.1, 0.15) is 12.4 Å². The molecule has 0 radical (unpaired) electrons. The number of amidine groups is 1. The lowest BCUT2D eigenvalue weighted by molar-refractivity contribution is -0.148. The third-order valence-corrected chi connectivity index (χ3v) is 6.38. The Morgan fingerprint density at radius 1 is 1.48 bits per heavy atom. The van der Waals surface area contributed by atoms with E-state index in [1.807, 2.05) is 13.8 Å². The lowest BCUT2D eigenvalue weighted by Gasteiger charge is -2.34. The van der Waals surface area contributed by atoms with Gasteiger partial charge in [-0.25, -0.2) is 0 Å². The summed E-state index contributed by atoms with van der Waals surface area (Å²) >= 11 is 0. The maximum absolute atomic E-state index is 13.0. The molecule has 4 N–H and O–H groups in total. The molecule has 1 aromatic rings. The van der Waals surface area contributed by atoms with Gasteiger partial charge >= 0.3 is 10.2 Å². The van der Waals surface area contributed by atoms with Gasteiger partial charge in [-0.15, -0.1) is 4.40 Å². The highest BCUT2D eigenvalue weighted by molar-refractivity contribution is 7.91. The van der Waals surface area contributed by atoms with Crippen LogP contribution in [0.25, 0.3) is 0 Å². The van der Waals surface area contributed by atoms with Crippen LogP contribution in [0.3, 0.4) is 0 Å². The van der Waals surface area contributed by atoms with Gasteiger partial charge < -0.3 is 20.7 Å². The van der Waals surface area contributed by atoms with Crippen LogP contribution in [0, 0.1) is 5.41 Å². The summed E-state index contributed by atoms with van der Waals surface area (Å²) in [7, 11) is -3.91. The van der Waals surface area contributed by atoms with Gasteiger partial charge in [-0.3, -0.25) is 14.3 Å². The highest BCUT2D eigenvalue weighted by atomic mass is 32.2. The number of hydrogen-bond acceptors (Lipinski definition) is 6. The minimum atomic E-state index is -3.91. The molecule has 11 heteroatoms. The van der Waals surface area contributed by atoms with Gasteiger partial charge in [0.15, 0.2) is 11.3 Å². The van der Waals surface area contributed by atoms with E-state index in [2.05, 4.69) is 14.4 Å². The van der Waals surface area contributed by atoms with Crippen LogP contribution in [0.5, 0.6) is 5.75 Å². The molecule has 1 aromatic carbocycles. The van der Waals surface area contributed by atoms with Gasteiger partial charge in [-0.05, 0) is 38.8 Å². The quantitative estimate of drug-likeness (QED) is 0.569. The SMILES string of the molecule is CC(C)NC(=O)C1(COc2cccc3c2C(N)=NS(=O)(=O)N3)CC2CCN2C1=O. The number of carbonyl (C=O) groups excluding carboxylic acids is 2. The van der Waals surface area contributed by atoms with Gasteiger partial charge in [-0.1, -0.05) is 6.07 Å². The fourth-order valence-corrected chi connectivity index (χ4v) is 4.84. The van der Waals surface area contributed by atoms with Crippen molar-refractivity contribution in [3.05, 3.63) is 23.8 Å². The van der Waals surface area contributed by atoms with E-state index in [9.17, 15) is 18.0 Å². The Labute approximate surface area is 168 Å². The highest BCUT2D eigenvalue weighted by Crippen LogP contribution is 2.43. The van der Waals surface area contributed by atoms with E-state index < -0.39 is 15.6 Å². The first kappa shape index (κ1) is 19.5. The molecular formula is C18H23N5O5S. The second-order valence-electron chi connectivity index (χ2n) is 7.88. The van der Waals surface area contributed by atoms with Gasteiger partial charge in [0, 0.05) is 18.6 Å². The van der Waals surface area contributed by atoms with E-state index in [-0.39, 0.29) is 53.3 Å². The lowest BCUT2D eigenvalue weighted by Crippen LogP contribution is -2.52. The number of anilines is 1. The van der Waals surface area contributed by atoms with Crippen molar-refractivity contribution in [2.24, 2.45) is 15.5 Å². The summed E-state index contributed by atoms with van der Waals surface area (Å²) in [5.74, 6) is -0.556. The van der Waals surface area contributed by atoms with Crippen LogP contribution < -0.4 is 20.5 Å². The Morgan fingerprint density at radius 3 is 2.83 bits per heavy atom. The van der Waals surface area contributed by atoms with Crippen molar-refractivity contribution in [2.75, 3.05) is 17.9 Å². The smallest absolute Gasteiger partial charge is 0.344 e. The molecule has 2 atom stereocenters. The average molecular weight is 421 g/mol. The third kappa shape index (κ3) is 3.18. The van der Waals surface area contributed by atoms with Gasteiger partial charge in [0.05, 0.1) is 11.3 Å². The summed E-state index contributed by atoms with van der Waals surface area (Å²) in [6, 6.07) is 4.66. The third-order valence-electron chi connectivity index (χ3n) is 5.47. The fourth-order valence-electron chi connectivity index (χ4n) is 4.00. The van der Waals surface area contributed by atoms with E-state index in [0.717, 1.165) is 6.42 Å². The van der Waals surface area contributed by atoms with E-state index in [4.69, 9.17) is 10.5 Å². The summed E-state index contributed by atoms with van der Waals surface area (Å²) in [5.41, 5.74) is 5.04. The average Bonchev–Trinajstić information content (AvgIpc) is 2.77. The molecule has 3 aliphatic heterocycles. The Morgan fingerprint density at radius 2 is 2.24 bits per heavy atom. The number of nitrogens with zero attached hydrogens (tertiary/aromatic N) is 2. The molecule has 0 aromatic heterocycles. The largest absolute Gasteiger partial charge is 0.491 e. The summed E-state index contributed by atoms with van der Waals surface area (Å²) in [6.45, 7) is 4.13. The number of benzene rings is 1. The molecule has 156 valence electrons.